The van der Waals surface area contributed by atoms with Crippen molar-refractivity contribution in [2.24, 2.45) is 0 Å². The average molecular weight is 794 g/mol. The van der Waals surface area contributed by atoms with E-state index >= 15 is 8.78 Å². The van der Waals surface area contributed by atoms with Gasteiger partial charge < -0.3 is 25.1 Å². The minimum absolute atomic E-state index is 0.0546. The number of fused-ring (bicyclic) bond motifs is 5. The Kier molecular flexibility index (Phi) is 8.50. The Morgan fingerprint density at radius 3 is 2.66 bits per heavy atom. The molecule has 0 spiro atoms. The molecule has 5 aliphatic rings. The third kappa shape index (κ3) is 5.95. The van der Waals surface area contributed by atoms with Gasteiger partial charge in [-0.2, -0.15) is 5.10 Å². The Hall–Kier alpha value is -6.30. The number of aromatic nitrogens is 5. The number of hydrogen-bond acceptors (Lipinski definition) is 12. The molecule has 5 aliphatic heterocycles. The van der Waals surface area contributed by atoms with E-state index in [1.54, 1.807) is 26.7 Å². The molecule has 0 bridgehead atoms. The summed E-state index contributed by atoms with van der Waals surface area (Å²) in [7, 11) is 0. The van der Waals surface area contributed by atoms with Crippen LogP contribution in [0.1, 0.15) is 46.9 Å². The molecule has 2 aromatic carbocycles. The van der Waals surface area contributed by atoms with Gasteiger partial charge in [-0.05, 0) is 48.4 Å². The normalized spacial score (nSPS) is 23.3. The first-order valence-corrected chi connectivity index (χ1v) is 19.3. The summed E-state index contributed by atoms with van der Waals surface area (Å²) in [6.07, 6.45) is 1.53. The van der Waals surface area contributed by atoms with Gasteiger partial charge in [0.05, 0.1) is 29.3 Å². The molecule has 10 rings (SSSR count). The van der Waals surface area contributed by atoms with E-state index in [0.29, 0.717) is 42.1 Å². The predicted octanol–water partition coefficient (Wildman–Crippen LogP) is 3.70. The number of nitrogens with one attached hydrogen (secondary N) is 2. The van der Waals surface area contributed by atoms with E-state index in [1.807, 2.05) is 30.5 Å². The molecule has 3 saturated heterocycles. The second-order valence-electron chi connectivity index (χ2n) is 15.7. The Bertz CT molecular complexity index is 2510. The molecule has 0 radical (unpaired) electrons. The van der Waals surface area contributed by atoms with Crippen LogP contribution in [0.25, 0.3) is 22.2 Å². The number of piperazine rings is 1. The standard InChI is InChI=1S/C40H38F3N11O4/c41-29-3-1-2-27(35(29)56)30-14-33-36(48-47-30)45-21-40(39(42)43)15-26(20-53(33)40)54-18-23-12-24(44-16-31(23)49-54)19-50-8-10-51(11-9-50)25-5-4-22-17-52(38(58)28(22)13-25)32-6-7-34(55)46-37(32)57/h1-5,12-14,16,18,26,32,39,56H,6-11,15,17,19-21H2,(H,45,48)(H,46,55,57)/t26-,32+,40-/m1/s1. The Labute approximate surface area is 329 Å². The van der Waals surface area contributed by atoms with Crippen LogP contribution in [0.5, 0.6) is 5.75 Å². The first kappa shape index (κ1) is 36.1. The van der Waals surface area contributed by atoms with Crippen molar-refractivity contribution in [3.05, 3.63) is 83.6 Å². The van der Waals surface area contributed by atoms with Gasteiger partial charge in [-0.15, -0.1) is 10.2 Å². The summed E-state index contributed by atoms with van der Waals surface area (Å²) in [4.78, 5) is 49.9. The van der Waals surface area contributed by atoms with Crippen LogP contribution >= 0.6 is 0 Å². The van der Waals surface area contributed by atoms with Crippen molar-refractivity contribution in [1.29, 1.82) is 0 Å². The summed E-state index contributed by atoms with van der Waals surface area (Å²) >= 11 is 0. The molecule has 3 aromatic heterocycles. The summed E-state index contributed by atoms with van der Waals surface area (Å²) in [5.74, 6) is -2.01. The number of halogens is 3. The van der Waals surface area contributed by atoms with E-state index in [9.17, 15) is 23.9 Å². The number of anilines is 3. The van der Waals surface area contributed by atoms with Crippen molar-refractivity contribution < 1.29 is 32.7 Å². The number of benzene rings is 2. The van der Waals surface area contributed by atoms with Gasteiger partial charge in [-0.1, -0.05) is 12.1 Å². The van der Waals surface area contributed by atoms with E-state index < -0.39 is 41.5 Å². The van der Waals surface area contributed by atoms with Gasteiger partial charge in [0, 0.05) is 93.6 Å². The maximum atomic E-state index is 15.1. The van der Waals surface area contributed by atoms with Gasteiger partial charge in [-0.25, -0.2) is 13.2 Å². The summed E-state index contributed by atoms with van der Waals surface area (Å²) < 4.78 is 46.1. The molecule has 3 amide bonds. The number of nitrogens with zero attached hydrogens (tertiary/aromatic N) is 9. The smallest absolute Gasteiger partial charge is 0.263 e. The zero-order valence-electron chi connectivity index (χ0n) is 31.1. The molecule has 8 heterocycles. The molecule has 18 heteroatoms. The highest BCUT2D eigenvalue weighted by atomic mass is 19.3. The summed E-state index contributed by atoms with van der Waals surface area (Å²) in [6, 6.07) is 12.4. The number of pyridine rings is 1. The number of carbonyl (C=O) groups is 3. The molecule has 58 heavy (non-hydrogen) atoms. The number of alkyl halides is 2. The number of amides is 3. The Morgan fingerprint density at radius 2 is 1.84 bits per heavy atom. The van der Waals surface area contributed by atoms with Gasteiger partial charge in [0.1, 0.15) is 17.1 Å². The number of imide groups is 1. The SMILES string of the molecule is O=C1CC[C@H](N2Cc3ccc(N4CCN(Cc5cc6cn([C@H]7CN8c9cc(-c%10cccc(F)c%10O)nnc9NC[C@@]8(C(F)F)C7)nc6cn5)CC4)cc3C2=O)C(=O)N1. The van der Waals surface area contributed by atoms with Crippen LogP contribution in [-0.4, -0.2) is 115 Å². The molecule has 3 N–H and O–H groups in total. The maximum absolute atomic E-state index is 15.1. The number of phenolic OH excluding ortho intramolecular Hbond substituents is 1. The van der Waals surface area contributed by atoms with Crippen LogP contribution in [0.2, 0.25) is 0 Å². The van der Waals surface area contributed by atoms with Crippen molar-refractivity contribution in [3.8, 4) is 17.0 Å². The molecule has 0 aliphatic carbocycles. The number of aromatic hydroxyl groups is 1. The first-order valence-electron chi connectivity index (χ1n) is 19.3. The van der Waals surface area contributed by atoms with E-state index in [1.165, 1.54) is 12.1 Å². The van der Waals surface area contributed by atoms with Crippen molar-refractivity contribution in [2.45, 2.75) is 56.4 Å². The van der Waals surface area contributed by atoms with E-state index in [-0.39, 0.29) is 49.0 Å². The average Bonchev–Trinajstić information content (AvgIpc) is 3.93. The third-order valence-corrected chi connectivity index (χ3v) is 12.3. The topological polar surface area (TPSA) is 165 Å². The summed E-state index contributed by atoms with van der Waals surface area (Å²) in [6.45, 7) is 4.12. The fourth-order valence-corrected chi connectivity index (χ4v) is 9.14. The second-order valence-corrected chi connectivity index (χ2v) is 15.7. The molecule has 3 fully saturated rings. The van der Waals surface area contributed by atoms with Crippen molar-refractivity contribution in [2.75, 3.05) is 54.4 Å². The maximum Gasteiger partial charge on any atom is 0.263 e. The minimum atomic E-state index is -2.71. The van der Waals surface area contributed by atoms with E-state index in [4.69, 9.17) is 10.1 Å². The fraction of sp³-hybridized carbons (Fsp3) is 0.375. The largest absolute Gasteiger partial charge is 0.504 e. The summed E-state index contributed by atoms with van der Waals surface area (Å²) in [5.41, 5.74) is 3.02. The fourth-order valence-electron chi connectivity index (χ4n) is 9.14. The highest BCUT2D eigenvalue weighted by Crippen LogP contribution is 2.49. The van der Waals surface area contributed by atoms with Crippen molar-refractivity contribution >= 4 is 45.8 Å². The van der Waals surface area contributed by atoms with Crippen LogP contribution in [0.4, 0.5) is 30.4 Å². The van der Waals surface area contributed by atoms with Gasteiger partial charge >= 0.3 is 0 Å². The van der Waals surface area contributed by atoms with Gasteiger partial charge in [-0.3, -0.25) is 34.3 Å². The van der Waals surface area contributed by atoms with Gasteiger partial charge in [0.2, 0.25) is 11.8 Å². The molecule has 15 nitrogen and oxygen atoms in total. The number of para-hydroxylation sites is 1. The number of hydrogen-bond donors (Lipinski definition) is 3. The quantitative estimate of drug-likeness (QED) is 0.205. The highest BCUT2D eigenvalue weighted by molar-refractivity contribution is 6.05. The van der Waals surface area contributed by atoms with Crippen molar-refractivity contribution in [1.82, 2.24) is 40.1 Å². The van der Waals surface area contributed by atoms with Crippen LogP contribution < -0.4 is 20.4 Å². The lowest BCUT2D eigenvalue weighted by Gasteiger charge is -2.43. The molecule has 0 unspecified atom stereocenters. The molecule has 0 saturated carbocycles. The number of carbonyl (C=O) groups excluding carboxylic acids is 3. The highest BCUT2D eigenvalue weighted by Gasteiger charge is 2.55. The van der Waals surface area contributed by atoms with Gasteiger partial charge in [0.25, 0.3) is 12.3 Å². The molecule has 298 valence electrons. The molecule has 3 atom stereocenters. The lowest BCUT2D eigenvalue weighted by molar-refractivity contribution is -0.136. The van der Waals surface area contributed by atoms with Crippen LogP contribution in [0, 0.1) is 5.82 Å². The van der Waals surface area contributed by atoms with Crippen LogP contribution in [0.15, 0.2) is 60.9 Å². The Balaban J connectivity index is 0.810. The predicted molar refractivity (Wildman–Crippen MR) is 205 cm³/mol. The molecular formula is C40H38F3N11O4. The first-order chi connectivity index (χ1) is 28.0. The lowest BCUT2D eigenvalue weighted by Crippen LogP contribution is -2.57. The zero-order chi connectivity index (χ0) is 39.9. The number of phenols is 1. The zero-order valence-corrected chi connectivity index (χ0v) is 31.1. The molecular weight excluding hydrogens is 756 g/mol. The van der Waals surface area contributed by atoms with Crippen molar-refractivity contribution in [3.63, 3.8) is 0 Å². The lowest BCUT2D eigenvalue weighted by atomic mass is 9.92. The van der Waals surface area contributed by atoms with Gasteiger partial charge in [0.15, 0.2) is 17.4 Å². The third-order valence-electron chi connectivity index (χ3n) is 12.3. The Morgan fingerprint density at radius 1 is 1.00 bits per heavy atom. The number of piperidine rings is 1. The van der Waals surface area contributed by atoms with E-state index in [2.05, 4.69) is 30.6 Å². The number of rotatable bonds is 7. The monoisotopic (exact) mass is 793 g/mol. The second kappa shape index (κ2) is 13.7. The van der Waals surface area contributed by atoms with Crippen LogP contribution in [0.3, 0.4) is 0 Å². The molecule has 5 aromatic rings. The summed E-state index contributed by atoms with van der Waals surface area (Å²) in [5, 5.41) is 29.7. The van der Waals surface area contributed by atoms with Crippen LogP contribution in [-0.2, 0) is 22.7 Å². The van der Waals surface area contributed by atoms with E-state index in [0.717, 1.165) is 54.6 Å². The minimum Gasteiger partial charge on any atom is -0.504 e.